The zero-order valence-electron chi connectivity index (χ0n) is 20.7. The number of thioether (sulfide) groups is 1. The molecule has 206 valence electrons. The predicted molar refractivity (Wildman–Crippen MR) is 149 cm³/mol. The summed E-state index contributed by atoms with van der Waals surface area (Å²) in [5.74, 6) is 0.272. The van der Waals surface area contributed by atoms with E-state index in [1.165, 1.54) is 36.4 Å². The molecule has 0 radical (unpaired) electrons. The lowest BCUT2D eigenvalue weighted by Crippen LogP contribution is -2.40. The molecule has 0 aromatic heterocycles. The van der Waals surface area contributed by atoms with Gasteiger partial charge in [0.05, 0.1) is 18.7 Å². The van der Waals surface area contributed by atoms with Crippen LogP contribution in [0.2, 0.25) is 5.02 Å². The van der Waals surface area contributed by atoms with Crippen LogP contribution >= 0.6 is 23.4 Å². The number of aryl methyl sites for hydroxylation is 1. The summed E-state index contributed by atoms with van der Waals surface area (Å²) in [7, 11) is 0. The van der Waals surface area contributed by atoms with Gasteiger partial charge in [-0.05, 0) is 72.8 Å². The predicted octanol–water partition coefficient (Wildman–Crippen LogP) is 6.08. The van der Waals surface area contributed by atoms with E-state index in [0.717, 1.165) is 17.3 Å². The van der Waals surface area contributed by atoms with Gasteiger partial charge in [-0.25, -0.2) is 0 Å². The lowest BCUT2D eigenvalue weighted by Gasteiger charge is -2.30. The Hall–Kier alpha value is -2.86. The number of anilines is 2. The molecule has 1 heterocycles. The largest absolute Gasteiger partial charge is 0.616 e. The van der Waals surface area contributed by atoms with Gasteiger partial charge in [-0.3, -0.25) is 9.59 Å². The molecule has 1 fully saturated rings. The van der Waals surface area contributed by atoms with Crippen LogP contribution in [-0.2, 0) is 16.0 Å². The fourth-order valence-corrected chi connectivity index (χ4v) is 5.83. The van der Waals surface area contributed by atoms with Crippen LogP contribution in [0.15, 0.2) is 65.6 Å². The Morgan fingerprint density at radius 3 is 2.54 bits per heavy atom. The van der Waals surface area contributed by atoms with E-state index in [9.17, 15) is 27.3 Å². The second kappa shape index (κ2) is 12.5. The topological polar surface area (TPSA) is 81.7 Å². The fraction of sp³-hybridized carbons (Fsp3) is 0.259. The van der Waals surface area contributed by atoms with Crippen molar-refractivity contribution in [3.05, 3.63) is 82.4 Å². The minimum atomic E-state index is -4.49. The Balaban J connectivity index is 1.42. The van der Waals surface area contributed by atoms with E-state index >= 15 is 0 Å². The molecule has 1 N–H and O–H groups in total. The molecule has 1 aliphatic rings. The fourth-order valence-electron chi connectivity index (χ4n) is 4.01. The number of carbonyl (C=O) groups is 2. The van der Waals surface area contributed by atoms with Crippen molar-refractivity contribution in [3.8, 4) is 5.75 Å². The van der Waals surface area contributed by atoms with Crippen molar-refractivity contribution in [2.24, 2.45) is 0 Å². The lowest BCUT2D eigenvalue weighted by atomic mass is 10.0. The molecule has 12 heteroatoms. The van der Waals surface area contributed by atoms with Crippen molar-refractivity contribution in [3.63, 3.8) is 0 Å². The van der Waals surface area contributed by atoms with E-state index in [4.69, 9.17) is 16.3 Å². The van der Waals surface area contributed by atoms with Gasteiger partial charge in [-0.15, -0.1) is 0 Å². The number of rotatable bonds is 8. The molecule has 1 amide bonds. The number of benzene rings is 3. The van der Waals surface area contributed by atoms with Crippen LogP contribution < -0.4 is 15.0 Å². The van der Waals surface area contributed by atoms with E-state index in [1.54, 1.807) is 6.07 Å². The summed E-state index contributed by atoms with van der Waals surface area (Å²) < 4.78 is 55.6. The Morgan fingerprint density at radius 2 is 1.85 bits per heavy atom. The van der Waals surface area contributed by atoms with E-state index in [2.05, 4.69) is 10.2 Å². The van der Waals surface area contributed by atoms with Crippen LogP contribution in [0.4, 0.5) is 24.5 Å². The highest BCUT2D eigenvalue weighted by atomic mass is 35.5. The summed E-state index contributed by atoms with van der Waals surface area (Å²) in [6.07, 6.45) is 0. The van der Waals surface area contributed by atoms with Crippen LogP contribution in [0.5, 0.6) is 5.75 Å². The molecule has 4 rings (SSSR count). The van der Waals surface area contributed by atoms with Crippen molar-refractivity contribution >= 4 is 57.6 Å². The monoisotopic (exact) mass is 596 g/mol. The van der Waals surface area contributed by atoms with Crippen LogP contribution in [-0.4, -0.2) is 53.0 Å². The maximum absolute atomic E-state index is 13.1. The molecule has 6 nitrogen and oxygen atoms in total. The van der Waals surface area contributed by atoms with Gasteiger partial charge in [0.15, 0.2) is 12.4 Å². The molecule has 3 aromatic rings. The highest BCUT2D eigenvalue weighted by molar-refractivity contribution is 8.00. The highest BCUT2D eigenvalue weighted by Crippen LogP contribution is 2.37. The molecule has 0 bridgehead atoms. The highest BCUT2D eigenvalue weighted by Gasteiger charge is 2.29. The SMILES string of the molecule is Cc1cc(N2CC[S+]([O-])CC2)ccc1NC(=O)COc1ccc(Cl)cc1C(=O)c1cccc(SC(F)(F)F)c1. The maximum atomic E-state index is 13.1. The number of ketones is 1. The van der Waals surface area contributed by atoms with Gasteiger partial charge in [0.2, 0.25) is 0 Å². The second-order valence-electron chi connectivity index (χ2n) is 8.72. The summed E-state index contributed by atoms with van der Waals surface area (Å²) in [5, 5.41) is 3.02. The average Bonchev–Trinajstić information content (AvgIpc) is 2.88. The molecule has 0 spiro atoms. The van der Waals surface area contributed by atoms with Crippen LogP contribution in [0.25, 0.3) is 0 Å². The van der Waals surface area contributed by atoms with E-state index < -0.39 is 35.0 Å². The van der Waals surface area contributed by atoms with Gasteiger partial charge in [0, 0.05) is 26.9 Å². The maximum Gasteiger partial charge on any atom is 0.446 e. The molecular formula is C27H24ClF3N2O4S2. The lowest BCUT2D eigenvalue weighted by molar-refractivity contribution is -0.118. The number of nitrogens with zero attached hydrogens (tertiary/aromatic N) is 1. The minimum Gasteiger partial charge on any atom is -0.616 e. The number of alkyl halides is 3. The molecule has 0 unspecified atom stereocenters. The molecule has 39 heavy (non-hydrogen) atoms. The van der Waals surface area contributed by atoms with Crippen LogP contribution in [0.3, 0.4) is 0 Å². The van der Waals surface area contributed by atoms with Crippen molar-refractivity contribution in [1.29, 1.82) is 0 Å². The normalized spacial score (nSPS) is 14.3. The van der Waals surface area contributed by atoms with E-state index in [1.807, 2.05) is 19.1 Å². The minimum absolute atomic E-state index is 0.0208. The zero-order chi connectivity index (χ0) is 28.2. The standard InChI is InChI=1S/C27H24ClF3N2O4S2/c1-17-13-20(33-9-11-39(36)12-10-33)6-7-23(17)32-25(34)16-37-24-8-5-19(28)15-22(24)26(35)18-3-2-4-21(14-18)38-27(29,30)31/h2-8,13-15H,9-12,16H2,1H3,(H,32,34). The first-order valence-electron chi connectivity index (χ1n) is 11.8. The molecule has 3 aromatic carbocycles. The summed E-state index contributed by atoms with van der Waals surface area (Å²) in [6, 6.07) is 15.1. The first-order chi connectivity index (χ1) is 18.5. The second-order valence-corrected chi connectivity index (χ2v) is 12.0. The Labute approximate surface area is 236 Å². The third-order valence-electron chi connectivity index (χ3n) is 5.90. The summed E-state index contributed by atoms with van der Waals surface area (Å²) >= 11 is 4.98. The summed E-state index contributed by atoms with van der Waals surface area (Å²) in [5.41, 5.74) is -2.03. The van der Waals surface area contributed by atoms with Crippen LogP contribution in [0, 0.1) is 6.92 Å². The number of ether oxygens (including phenoxy) is 1. The van der Waals surface area contributed by atoms with Gasteiger partial charge in [-0.2, -0.15) is 13.2 Å². The molecular weight excluding hydrogens is 573 g/mol. The number of hydrogen-bond donors (Lipinski definition) is 1. The van der Waals surface area contributed by atoms with Crippen molar-refractivity contribution in [2.75, 3.05) is 41.4 Å². The van der Waals surface area contributed by atoms with E-state index in [-0.39, 0.29) is 38.6 Å². The van der Waals surface area contributed by atoms with E-state index in [0.29, 0.717) is 30.3 Å². The third-order valence-corrected chi connectivity index (χ3v) is 8.13. The molecule has 1 saturated heterocycles. The van der Waals surface area contributed by atoms with Gasteiger partial charge in [-0.1, -0.05) is 34.9 Å². The summed E-state index contributed by atoms with van der Waals surface area (Å²) in [6.45, 7) is 2.87. The smallest absolute Gasteiger partial charge is 0.446 e. The average molecular weight is 597 g/mol. The molecule has 0 aliphatic carbocycles. The Kier molecular flexibility index (Phi) is 9.37. The molecule has 1 aliphatic heterocycles. The first-order valence-corrected chi connectivity index (χ1v) is 14.5. The van der Waals surface area contributed by atoms with Crippen molar-refractivity contribution in [2.45, 2.75) is 17.3 Å². The zero-order valence-corrected chi connectivity index (χ0v) is 23.1. The number of amides is 1. The Morgan fingerprint density at radius 1 is 1.10 bits per heavy atom. The summed E-state index contributed by atoms with van der Waals surface area (Å²) in [4.78, 5) is 27.8. The number of halogens is 4. The van der Waals surface area contributed by atoms with Crippen molar-refractivity contribution < 1.29 is 32.0 Å². The number of nitrogens with one attached hydrogen (secondary N) is 1. The molecule has 0 saturated carbocycles. The Bertz CT molecular complexity index is 1370. The van der Waals surface area contributed by atoms with Crippen molar-refractivity contribution in [1.82, 2.24) is 0 Å². The number of hydrogen-bond acceptors (Lipinski definition) is 6. The number of carbonyl (C=O) groups excluding carboxylic acids is 2. The third kappa shape index (κ3) is 8.07. The first kappa shape index (κ1) is 29.1. The van der Waals surface area contributed by atoms with Gasteiger partial charge >= 0.3 is 5.51 Å². The van der Waals surface area contributed by atoms with Gasteiger partial charge in [0.25, 0.3) is 5.91 Å². The van der Waals surface area contributed by atoms with Crippen LogP contribution in [0.1, 0.15) is 21.5 Å². The quantitative estimate of drug-likeness (QED) is 0.193. The van der Waals surface area contributed by atoms with Gasteiger partial charge in [0.1, 0.15) is 17.3 Å². The molecule has 0 atom stereocenters. The van der Waals surface area contributed by atoms with Gasteiger partial charge < -0.3 is 19.5 Å².